The van der Waals surface area contributed by atoms with Gasteiger partial charge in [0.2, 0.25) is 0 Å². The van der Waals surface area contributed by atoms with Crippen molar-refractivity contribution in [1.82, 2.24) is 9.03 Å². The van der Waals surface area contributed by atoms with Crippen LogP contribution in [0.3, 0.4) is 0 Å². The number of hydrogen-bond acceptors (Lipinski definition) is 4. The van der Waals surface area contributed by atoms with E-state index in [1.807, 2.05) is 13.8 Å². The Labute approximate surface area is 160 Å². The summed E-state index contributed by atoms with van der Waals surface area (Å²) in [4.78, 5) is 12.6. The Kier molecular flexibility index (Phi) is 4.90. The fourth-order valence-corrected chi connectivity index (χ4v) is 5.84. The molecule has 3 aliphatic rings. The van der Waals surface area contributed by atoms with Crippen LogP contribution < -0.4 is 10.0 Å². The molecular formula is C19H27N3O4S. The molecule has 148 valence electrons. The molecule has 1 aliphatic heterocycles. The molecule has 0 saturated carbocycles. The third-order valence-corrected chi connectivity index (χ3v) is 7.08. The standard InChI is InChI=1S/C19H27N3O4S/c1-12-10-22(11-13(2)26-12)27(24,25)21-19(23)20-18-16-7-3-5-14(16)9-15-6-4-8-17(15)18/h9,12-13H,3-8,10-11H2,1-2H3,(H2,20,21,23). The zero-order chi connectivity index (χ0) is 19.2. The zero-order valence-electron chi connectivity index (χ0n) is 15.9. The van der Waals surface area contributed by atoms with Gasteiger partial charge < -0.3 is 10.1 Å². The van der Waals surface area contributed by atoms with Crippen LogP contribution in [0.5, 0.6) is 0 Å². The van der Waals surface area contributed by atoms with Crippen molar-refractivity contribution < 1.29 is 17.9 Å². The number of morpholine rings is 1. The summed E-state index contributed by atoms with van der Waals surface area (Å²) in [7, 11) is -3.91. The zero-order valence-corrected chi connectivity index (χ0v) is 16.7. The van der Waals surface area contributed by atoms with E-state index in [9.17, 15) is 13.2 Å². The van der Waals surface area contributed by atoms with Crippen molar-refractivity contribution in [3.8, 4) is 0 Å². The Balaban J connectivity index is 1.52. The summed E-state index contributed by atoms with van der Waals surface area (Å²) in [6.45, 7) is 4.13. The average Bonchev–Trinajstić information content (AvgIpc) is 3.22. The number of fused-ring (bicyclic) bond motifs is 2. The maximum atomic E-state index is 12.6. The van der Waals surface area contributed by atoms with E-state index in [1.165, 1.54) is 26.6 Å². The predicted octanol–water partition coefficient (Wildman–Crippen LogP) is 2.14. The van der Waals surface area contributed by atoms with E-state index < -0.39 is 16.2 Å². The molecule has 1 aromatic carbocycles. The number of nitrogens with one attached hydrogen (secondary N) is 2. The van der Waals surface area contributed by atoms with E-state index in [0.29, 0.717) is 0 Å². The van der Waals surface area contributed by atoms with Crippen molar-refractivity contribution in [2.75, 3.05) is 18.4 Å². The molecular weight excluding hydrogens is 366 g/mol. The largest absolute Gasteiger partial charge is 0.373 e. The topological polar surface area (TPSA) is 87.7 Å². The van der Waals surface area contributed by atoms with Crippen LogP contribution in [0, 0.1) is 0 Å². The molecule has 1 heterocycles. The number of hydrogen-bond donors (Lipinski definition) is 2. The molecule has 2 aliphatic carbocycles. The minimum Gasteiger partial charge on any atom is -0.373 e. The SMILES string of the molecule is CC1CN(S(=O)(=O)NC(=O)Nc2c3c(cc4c2CCC4)CCC3)CC(C)O1. The van der Waals surface area contributed by atoms with Gasteiger partial charge in [0.1, 0.15) is 0 Å². The second-order valence-corrected chi connectivity index (χ2v) is 9.54. The summed E-state index contributed by atoms with van der Waals surface area (Å²) in [5.41, 5.74) is 5.79. The molecule has 4 rings (SSSR count). The Bertz CT molecular complexity index is 826. The summed E-state index contributed by atoms with van der Waals surface area (Å²) in [6.07, 6.45) is 5.68. The molecule has 1 fully saturated rings. The Hall–Kier alpha value is -1.64. The van der Waals surface area contributed by atoms with Crippen LogP contribution in [0.25, 0.3) is 0 Å². The first kappa shape index (κ1) is 18.7. The fraction of sp³-hybridized carbons (Fsp3) is 0.632. The number of urea groups is 1. The number of carbonyl (C=O) groups is 1. The van der Waals surface area contributed by atoms with E-state index >= 15 is 0 Å². The summed E-state index contributed by atoms with van der Waals surface area (Å²) >= 11 is 0. The van der Waals surface area contributed by atoms with E-state index in [2.05, 4.69) is 16.1 Å². The van der Waals surface area contributed by atoms with Gasteiger partial charge in [-0.2, -0.15) is 12.7 Å². The molecule has 2 unspecified atom stereocenters. The van der Waals surface area contributed by atoms with Crippen LogP contribution in [-0.4, -0.2) is 44.1 Å². The maximum Gasteiger partial charge on any atom is 0.333 e. The van der Waals surface area contributed by atoms with E-state index in [1.54, 1.807) is 0 Å². The molecule has 0 aromatic heterocycles. The first-order chi connectivity index (χ1) is 12.8. The molecule has 7 nitrogen and oxygen atoms in total. The van der Waals surface area contributed by atoms with Gasteiger partial charge in [-0.3, -0.25) is 0 Å². The van der Waals surface area contributed by atoms with Gasteiger partial charge in [0.15, 0.2) is 0 Å². The van der Waals surface area contributed by atoms with Gasteiger partial charge in [-0.1, -0.05) is 6.07 Å². The number of ether oxygens (including phenoxy) is 1. The molecule has 1 aromatic rings. The second kappa shape index (κ2) is 7.07. The van der Waals surface area contributed by atoms with E-state index in [0.717, 1.165) is 44.2 Å². The number of aryl methyl sites for hydroxylation is 2. The van der Waals surface area contributed by atoms with Gasteiger partial charge in [-0.05, 0) is 74.6 Å². The lowest BCUT2D eigenvalue weighted by Gasteiger charge is -2.34. The smallest absolute Gasteiger partial charge is 0.333 e. The normalized spacial score (nSPS) is 25.1. The van der Waals surface area contributed by atoms with Crippen molar-refractivity contribution >= 4 is 21.9 Å². The highest BCUT2D eigenvalue weighted by atomic mass is 32.2. The lowest BCUT2D eigenvalue weighted by molar-refractivity contribution is -0.0442. The van der Waals surface area contributed by atoms with Crippen LogP contribution in [0.2, 0.25) is 0 Å². The van der Waals surface area contributed by atoms with Crippen LogP contribution >= 0.6 is 0 Å². The molecule has 27 heavy (non-hydrogen) atoms. The fourth-order valence-electron chi connectivity index (χ4n) is 4.61. The lowest BCUT2D eigenvalue weighted by atomic mass is 9.99. The van der Waals surface area contributed by atoms with Crippen molar-refractivity contribution in [2.45, 2.75) is 64.6 Å². The van der Waals surface area contributed by atoms with Crippen LogP contribution in [0.4, 0.5) is 10.5 Å². The molecule has 2 atom stereocenters. The lowest BCUT2D eigenvalue weighted by Crippen LogP contribution is -2.53. The number of carbonyl (C=O) groups excluding carboxylic acids is 1. The average molecular weight is 394 g/mol. The third kappa shape index (κ3) is 3.70. The minimum absolute atomic E-state index is 0.200. The quantitative estimate of drug-likeness (QED) is 0.824. The highest BCUT2D eigenvalue weighted by Gasteiger charge is 2.33. The molecule has 8 heteroatoms. The molecule has 0 spiro atoms. The molecule has 2 amide bonds. The van der Waals surface area contributed by atoms with Crippen molar-refractivity contribution in [1.29, 1.82) is 0 Å². The number of rotatable bonds is 3. The first-order valence-electron chi connectivity index (χ1n) is 9.74. The molecule has 0 radical (unpaired) electrons. The Morgan fingerprint density at radius 3 is 2.15 bits per heavy atom. The third-order valence-electron chi connectivity index (χ3n) is 5.66. The Morgan fingerprint density at radius 2 is 1.59 bits per heavy atom. The van der Waals surface area contributed by atoms with Gasteiger partial charge >= 0.3 is 16.2 Å². The van der Waals surface area contributed by atoms with Gasteiger partial charge in [0, 0.05) is 18.8 Å². The summed E-state index contributed by atoms with van der Waals surface area (Å²) in [5, 5.41) is 2.87. The van der Waals surface area contributed by atoms with Crippen molar-refractivity contribution in [3.05, 3.63) is 28.3 Å². The van der Waals surface area contributed by atoms with E-state index in [4.69, 9.17) is 4.74 Å². The monoisotopic (exact) mass is 393 g/mol. The number of anilines is 1. The summed E-state index contributed by atoms with van der Waals surface area (Å²) < 4.78 is 34.3. The molecule has 1 saturated heterocycles. The maximum absolute atomic E-state index is 12.6. The minimum atomic E-state index is -3.91. The van der Waals surface area contributed by atoms with Gasteiger partial charge in [0.25, 0.3) is 0 Å². The number of benzene rings is 1. The molecule has 2 N–H and O–H groups in total. The molecule has 0 bridgehead atoms. The van der Waals surface area contributed by atoms with Crippen molar-refractivity contribution in [2.24, 2.45) is 0 Å². The highest BCUT2D eigenvalue weighted by Crippen LogP contribution is 2.38. The number of amides is 2. The van der Waals surface area contributed by atoms with Crippen molar-refractivity contribution in [3.63, 3.8) is 0 Å². The summed E-state index contributed by atoms with van der Waals surface area (Å²) in [5.74, 6) is 0. The Morgan fingerprint density at radius 1 is 1.04 bits per heavy atom. The summed E-state index contributed by atoms with van der Waals surface area (Å²) in [6, 6.07) is 1.59. The van der Waals surface area contributed by atoms with Crippen LogP contribution in [-0.2, 0) is 40.6 Å². The van der Waals surface area contributed by atoms with Gasteiger partial charge in [0.05, 0.1) is 12.2 Å². The van der Waals surface area contributed by atoms with Crippen LogP contribution in [0.1, 0.15) is 48.9 Å². The second-order valence-electron chi connectivity index (χ2n) is 7.87. The van der Waals surface area contributed by atoms with Gasteiger partial charge in [-0.15, -0.1) is 0 Å². The predicted molar refractivity (Wildman–Crippen MR) is 103 cm³/mol. The highest BCUT2D eigenvalue weighted by molar-refractivity contribution is 7.87. The van der Waals surface area contributed by atoms with Crippen LogP contribution in [0.15, 0.2) is 6.07 Å². The number of nitrogens with zero attached hydrogens (tertiary/aromatic N) is 1. The van der Waals surface area contributed by atoms with Gasteiger partial charge in [-0.25, -0.2) is 9.52 Å². The first-order valence-corrected chi connectivity index (χ1v) is 11.2. The van der Waals surface area contributed by atoms with E-state index in [-0.39, 0.29) is 25.3 Å².